The highest BCUT2D eigenvalue weighted by Gasteiger charge is 2.20. The van der Waals surface area contributed by atoms with Crippen molar-refractivity contribution < 1.29 is 14.6 Å². The lowest BCUT2D eigenvalue weighted by Crippen LogP contribution is -2.40. The maximum absolute atomic E-state index is 12.4. The quantitative estimate of drug-likeness (QED) is 0.816. The van der Waals surface area contributed by atoms with Gasteiger partial charge in [-0.05, 0) is 19.9 Å². The second kappa shape index (κ2) is 8.75. The lowest BCUT2D eigenvalue weighted by molar-refractivity contribution is 0.0580. The average molecular weight is 295 g/mol. The Morgan fingerprint density at radius 3 is 2.95 bits per heavy atom. The molecule has 0 spiro atoms. The summed E-state index contributed by atoms with van der Waals surface area (Å²) in [7, 11) is 1.63. The Bertz CT molecular complexity index is 487. The molecule has 1 heterocycles. The molecule has 1 aromatic heterocycles. The molecule has 0 aliphatic carbocycles. The van der Waals surface area contributed by atoms with Crippen LogP contribution in [0.2, 0.25) is 0 Å². The average Bonchev–Trinajstić information content (AvgIpc) is 2.89. The summed E-state index contributed by atoms with van der Waals surface area (Å²) < 4.78 is 5.11. The Morgan fingerprint density at radius 1 is 1.60 bits per heavy atom. The van der Waals surface area contributed by atoms with Crippen molar-refractivity contribution in [3.8, 4) is 11.8 Å². The van der Waals surface area contributed by atoms with E-state index in [-0.39, 0.29) is 18.6 Å². The Balaban J connectivity index is 2.78. The number of nitrogens with zero attached hydrogens (tertiary/aromatic N) is 1. The van der Waals surface area contributed by atoms with Crippen LogP contribution in [0.5, 0.6) is 0 Å². The number of ether oxygens (including phenoxy) is 1. The van der Waals surface area contributed by atoms with Gasteiger partial charge in [0.2, 0.25) is 0 Å². The third-order valence-corrected chi connectivity index (χ3v) is 3.68. The SMILES string of the molecule is CCN(C(=O)c1csc(C#CCCO)c1)C(C)COC. The highest BCUT2D eigenvalue weighted by atomic mass is 32.1. The van der Waals surface area contributed by atoms with Gasteiger partial charge in [-0.25, -0.2) is 0 Å². The summed E-state index contributed by atoms with van der Waals surface area (Å²) in [5.41, 5.74) is 0.660. The first-order chi connectivity index (χ1) is 9.63. The van der Waals surface area contributed by atoms with E-state index in [4.69, 9.17) is 9.84 Å². The van der Waals surface area contributed by atoms with Gasteiger partial charge in [0.15, 0.2) is 0 Å². The van der Waals surface area contributed by atoms with Crippen LogP contribution < -0.4 is 0 Å². The normalized spacial score (nSPS) is 11.6. The number of thiophene rings is 1. The topological polar surface area (TPSA) is 49.8 Å². The van der Waals surface area contributed by atoms with Gasteiger partial charge in [0.1, 0.15) is 0 Å². The number of carbonyl (C=O) groups excluding carboxylic acids is 1. The third-order valence-electron chi connectivity index (χ3n) is 2.84. The molecular weight excluding hydrogens is 274 g/mol. The number of rotatable bonds is 6. The van der Waals surface area contributed by atoms with E-state index >= 15 is 0 Å². The molecule has 4 nitrogen and oxygen atoms in total. The zero-order valence-electron chi connectivity index (χ0n) is 12.2. The molecule has 1 aromatic rings. The predicted octanol–water partition coefficient (Wildman–Crippen LogP) is 1.98. The Morgan fingerprint density at radius 2 is 2.35 bits per heavy atom. The molecule has 0 aliphatic rings. The number of amides is 1. The van der Waals surface area contributed by atoms with Crippen LogP contribution in [0.3, 0.4) is 0 Å². The van der Waals surface area contributed by atoms with Crippen LogP contribution >= 0.6 is 11.3 Å². The molecule has 1 amide bonds. The summed E-state index contributed by atoms with van der Waals surface area (Å²) in [6.07, 6.45) is 0.452. The van der Waals surface area contributed by atoms with Crippen molar-refractivity contribution >= 4 is 17.2 Å². The van der Waals surface area contributed by atoms with Gasteiger partial charge in [0.25, 0.3) is 5.91 Å². The Kier molecular flexibility index (Phi) is 7.31. The molecule has 0 aromatic carbocycles. The van der Waals surface area contributed by atoms with Crippen LogP contribution in [0.15, 0.2) is 11.4 Å². The number of aliphatic hydroxyl groups excluding tert-OH is 1. The molecule has 110 valence electrons. The van der Waals surface area contributed by atoms with Gasteiger partial charge < -0.3 is 14.7 Å². The third kappa shape index (κ3) is 4.64. The first-order valence-electron chi connectivity index (χ1n) is 6.62. The second-order valence-electron chi connectivity index (χ2n) is 4.37. The lowest BCUT2D eigenvalue weighted by atomic mass is 10.2. The number of hydrogen-bond acceptors (Lipinski definition) is 4. The fraction of sp³-hybridized carbons (Fsp3) is 0.533. The summed E-state index contributed by atoms with van der Waals surface area (Å²) in [4.78, 5) is 15.1. The maximum atomic E-state index is 12.4. The van der Waals surface area contributed by atoms with E-state index in [2.05, 4.69) is 11.8 Å². The van der Waals surface area contributed by atoms with E-state index in [0.29, 0.717) is 25.1 Å². The van der Waals surface area contributed by atoms with Crippen LogP contribution in [0, 0.1) is 11.8 Å². The van der Waals surface area contributed by atoms with Crippen molar-refractivity contribution in [3.63, 3.8) is 0 Å². The minimum Gasteiger partial charge on any atom is -0.395 e. The van der Waals surface area contributed by atoms with Crippen molar-refractivity contribution in [3.05, 3.63) is 21.9 Å². The van der Waals surface area contributed by atoms with E-state index in [1.807, 2.05) is 19.2 Å². The van der Waals surface area contributed by atoms with Gasteiger partial charge in [-0.15, -0.1) is 11.3 Å². The van der Waals surface area contributed by atoms with Crippen molar-refractivity contribution in [2.24, 2.45) is 0 Å². The highest BCUT2D eigenvalue weighted by Crippen LogP contribution is 2.17. The molecule has 0 saturated carbocycles. The number of hydrogen-bond donors (Lipinski definition) is 1. The fourth-order valence-corrected chi connectivity index (χ4v) is 2.62. The Hall–Kier alpha value is -1.35. The van der Waals surface area contributed by atoms with Gasteiger partial charge >= 0.3 is 0 Å². The number of carbonyl (C=O) groups is 1. The second-order valence-corrected chi connectivity index (χ2v) is 5.28. The molecule has 1 atom stereocenters. The first kappa shape index (κ1) is 16.7. The van der Waals surface area contributed by atoms with Crippen LogP contribution in [0.1, 0.15) is 35.5 Å². The van der Waals surface area contributed by atoms with Crippen molar-refractivity contribution in [2.75, 3.05) is 26.9 Å². The number of methoxy groups -OCH3 is 1. The van der Waals surface area contributed by atoms with Crippen molar-refractivity contribution in [1.82, 2.24) is 4.90 Å². The lowest BCUT2D eigenvalue weighted by Gasteiger charge is -2.27. The number of aliphatic hydroxyl groups is 1. The molecule has 20 heavy (non-hydrogen) atoms. The molecule has 0 fully saturated rings. The van der Waals surface area contributed by atoms with Gasteiger partial charge in [-0.1, -0.05) is 11.8 Å². The summed E-state index contributed by atoms with van der Waals surface area (Å²) in [5.74, 6) is 5.80. The Labute approximate surface area is 124 Å². The van der Waals surface area contributed by atoms with E-state index in [0.717, 1.165) is 4.88 Å². The summed E-state index contributed by atoms with van der Waals surface area (Å²) in [6.45, 7) is 5.15. The van der Waals surface area contributed by atoms with Crippen LogP contribution in [-0.2, 0) is 4.74 Å². The van der Waals surface area contributed by atoms with Gasteiger partial charge in [0.05, 0.1) is 29.7 Å². The van der Waals surface area contributed by atoms with E-state index in [1.54, 1.807) is 18.1 Å². The van der Waals surface area contributed by atoms with Crippen molar-refractivity contribution in [1.29, 1.82) is 0 Å². The van der Waals surface area contributed by atoms with E-state index in [9.17, 15) is 4.79 Å². The first-order valence-corrected chi connectivity index (χ1v) is 7.50. The highest BCUT2D eigenvalue weighted by molar-refractivity contribution is 7.10. The minimum atomic E-state index is 0.00325. The van der Waals surface area contributed by atoms with E-state index < -0.39 is 0 Å². The van der Waals surface area contributed by atoms with Crippen LogP contribution in [0.25, 0.3) is 0 Å². The van der Waals surface area contributed by atoms with Gasteiger partial charge in [0, 0.05) is 25.5 Å². The zero-order valence-corrected chi connectivity index (χ0v) is 13.0. The van der Waals surface area contributed by atoms with Crippen LogP contribution in [0.4, 0.5) is 0 Å². The van der Waals surface area contributed by atoms with Gasteiger partial charge in [-0.2, -0.15) is 0 Å². The molecule has 1 unspecified atom stereocenters. The molecule has 1 rings (SSSR count). The molecule has 0 bridgehead atoms. The smallest absolute Gasteiger partial charge is 0.255 e. The maximum Gasteiger partial charge on any atom is 0.255 e. The standard InChI is InChI=1S/C15H21NO3S/c1-4-16(12(2)10-19-3)15(18)13-9-14(20-11-13)7-5-6-8-17/h9,11-12,17H,4,6,8,10H2,1-3H3. The molecule has 5 heteroatoms. The van der Waals surface area contributed by atoms with Crippen molar-refractivity contribution in [2.45, 2.75) is 26.3 Å². The number of likely N-dealkylation sites (N-methyl/N-ethyl adjacent to an activating group) is 1. The predicted molar refractivity (Wildman–Crippen MR) is 80.9 cm³/mol. The molecule has 0 radical (unpaired) electrons. The van der Waals surface area contributed by atoms with Gasteiger partial charge in [-0.3, -0.25) is 4.79 Å². The minimum absolute atomic E-state index is 0.00325. The summed E-state index contributed by atoms with van der Waals surface area (Å²) in [5, 5.41) is 10.5. The summed E-state index contributed by atoms with van der Waals surface area (Å²) >= 11 is 1.45. The zero-order chi connectivity index (χ0) is 15.0. The molecule has 0 aliphatic heterocycles. The summed E-state index contributed by atoms with van der Waals surface area (Å²) in [6, 6.07) is 1.85. The largest absolute Gasteiger partial charge is 0.395 e. The fourth-order valence-electron chi connectivity index (χ4n) is 1.87. The molecule has 1 N–H and O–H groups in total. The molecular formula is C15H21NO3S. The van der Waals surface area contributed by atoms with E-state index in [1.165, 1.54) is 11.3 Å². The molecule has 0 saturated heterocycles. The monoisotopic (exact) mass is 295 g/mol. The van der Waals surface area contributed by atoms with Crippen LogP contribution in [-0.4, -0.2) is 48.8 Å².